The molecule has 0 aliphatic heterocycles. The van der Waals surface area contributed by atoms with Crippen LogP contribution in [-0.4, -0.2) is 27.3 Å². The van der Waals surface area contributed by atoms with Gasteiger partial charge < -0.3 is 4.90 Å². The Morgan fingerprint density at radius 1 is 1.53 bits per heavy atom. The molecule has 90 valence electrons. The van der Waals surface area contributed by atoms with Crippen LogP contribution in [0.25, 0.3) is 0 Å². The first-order valence-corrected chi connectivity index (χ1v) is 6.76. The minimum atomic E-state index is 0.369. The molecule has 17 heavy (non-hydrogen) atoms. The van der Waals surface area contributed by atoms with E-state index in [4.69, 9.17) is 29.1 Å². The lowest BCUT2D eigenvalue weighted by molar-refractivity contribution is 0.482. The third-order valence-electron chi connectivity index (χ3n) is 2.15. The Balaban J connectivity index is 2.91. The van der Waals surface area contributed by atoms with Crippen LogP contribution in [0.2, 0.25) is 5.15 Å². The SMILES string of the molecule is CCN(CC)C(=S)Sc1nc(Cl)ccc1C#N. The summed E-state index contributed by atoms with van der Waals surface area (Å²) in [4.78, 5) is 6.16. The number of halogens is 1. The molecule has 0 N–H and O–H groups in total. The molecule has 0 aromatic carbocycles. The van der Waals surface area contributed by atoms with Crippen LogP contribution in [-0.2, 0) is 0 Å². The van der Waals surface area contributed by atoms with Gasteiger partial charge in [-0.2, -0.15) is 5.26 Å². The van der Waals surface area contributed by atoms with E-state index in [0.29, 0.717) is 20.1 Å². The summed E-state index contributed by atoms with van der Waals surface area (Å²) >= 11 is 12.4. The Bertz CT molecular complexity index is 453. The molecule has 0 saturated heterocycles. The molecule has 0 aliphatic carbocycles. The molecule has 1 aromatic heterocycles. The standard InChI is InChI=1S/C11H12ClN3S2/c1-3-15(4-2)11(16)17-10-8(7-13)5-6-9(12)14-10/h5-6H,3-4H2,1-2H3. The van der Waals surface area contributed by atoms with E-state index in [2.05, 4.69) is 11.1 Å². The minimum Gasteiger partial charge on any atom is -0.358 e. The van der Waals surface area contributed by atoms with Gasteiger partial charge in [-0.1, -0.05) is 23.8 Å². The lowest BCUT2D eigenvalue weighted by Gasteiger charge is -2.20. The van der Waals surface area contributed by atoms with Crippen LogP contribution in [0.3, 0.4) is 0 Å². The maximum Gasteiger partial charge on any atom is 0.142 e. The molecular weight excluding hydrogens is 274 g/mol. The summed E-state index contributed by atoms with van der Waals surface area (Å²) in [6.45, 7) is 5.75. The van der Waals surface area contributed by atoms with E-state index in [0.717, 1.165) is 13.1 Å². The van der Waals surface area contributed by atoms with Gasteiger partial charge in [-0.15, -0.1) is 0 Å². The fourth-order valence-corrected chi connectivity index (χ4v) is 2.82. The molecule has 1 rings (SSSR count). The second kappa shape index (κ2) is 6.80. The average molecular weight is 286 g/mol. The van der Waals surface area contributed by atoms with Crippen LogP contribution >= 0.6 is 35.6 Å². The van der Waals surface area contributed by atoms with Crippen molar-refractivity contribution in [2.45, 2.75) is 18.9 Å². The molecule has 0 unspecified atom stereocenters. The van der Waals surface area contributed by atoms with Crippen LogP contribution in [0, 0.1) is 11.3 Å². The van der Waals surface area contributed by atoms with E-state index in [9.17, 15) is 0 Å². The average Bonchev–Trinajstić information content (AvgIpc) is 2.31. The summed E-state index contributed by atoms with van der Waals surface area (Å²) in [5, 5.41) is 9.91. The van der Waals surface area contributed by atoms with E-state index in [-0.39, 0.29) is 0 Å². The quantitative estimate of drug-likeness (QED) is 0.484. The highest BCUT2D eigenvalue weighted by Crippen LogP contribution is 2.24. The first-order valence-electron chi connectivity index (χ1n) is 5.15. The molecule has 0 aliphatic rings. The first kappa shape index (κ1) is 14.2. The molecule has 0 atom stereocenters. The summed E-state index contributed by atoms with van der Waals surface area (Å²) in [6, 6.07) is 5.34. The molecule has 0 saturated carbocycles. The zero-order valence-electron chi connectivity index (χ0n) is 9.61. The highest BCUT2D eigenvalue weighted by atomic mass is 35.5. The van der Waals surface area contributed by atoms with Gasteiger partial charge in [0, 0.05) is 13.1 Å². The van der Waals surface area contributed by atoms with Crippen LogP contribution < -0.4 is 0 Å². The van der Waals surface area contributed by atoms with Gasteiger partial charge in [-0.25, -0.2) is 4.98 Å². The molecule has 0 radical (unpaired) electrons. The van der Waals surface area contributed by atoms with Crippen molar-refractivity contribution in [2.24, 2.45) is 0 Å². The Morgan fingerprint density at radius 3 is 2.71 bits per heavy atom. The minimum absolute atomic E-state index is 0.369. The highest BCUT2D eigenvalue weighted by Gasteiger charge is 2.12. The van der Waals surface area contributed by atoms with Crippen molar-refractivity contribution in [3.8, 4) is 6.07 Å². The molecule has 1 heterocycles. The number of pyridine rings is 1. The number of hydrogen-bond acceptors (Lipinski definition) is 4. The summed E-state index contributed by atoms with van der Waals surface area (Å²) in [7, 11) is 0. The highest BCUT2D eigenvalue weighted by molar-refractivity contribution is 8.22. The number of aromatic nitrogens is 1. The van der Waals surface area contributed by atoms with Crippen molar-refractivity contribution in [1.82, 2.24) is 9.88 Å². The van der Waals surface area contributed by atoms with Crippen LogP contribution in [0.15, 0.2) is 17.2 Å². The molecule has 1 aromatic rings. The predicted molar refractivity (Wildman–Crippen MR) is 75.3 cm³/mol. The van der Waals surface area contributed by atoms with Gasteiger partial charge >= 0.3 is 0 Å². The number of nitriles is 1. The van der Waals surface area contributed by atoms with Gasteiger partial charge in [0.15, 0.2) is 0 Å². The van der Waals surface area contributed by atoms with Gasteiger partial charge in [0.2, 0.25) is 0 Å². The molecule has 0 fully saturated rings. The van der Waals surface area contributed by atoms with Crippen molar-refractivity contribution in [3.05, 3.63) is 22.8 Å². The maximum atomic E-state index is 8.97. The van der Waals surface area contributed by atoms with Gasteiger partial charge in [0.25, 0.3) is 0 Å². The van der Waals surface area contributed by atoms with E-state index < -0.39 is 0 Å². The summed E-state index contributed by atoms with van der Waals surface area (Å²) in [5.74, 6) is 0. The van der Waals surface area contributed by atoms with E-state index in [1.165, 1.54) is 11.8 Å². The van der Waals surface area contributed by atoms with E-state index in [1.54, 1.807) is 12.1 Å². The second-order valence-corrected chi connectivity index (χ2v) is 5.15. The lowest BCUT2D eigenvalue weighted by Crippen LogP contribution is -2.26. The number of nitrogens with zero attached hydrogens (tertiary/aromatic N) is 3. The summed E-state index contributed by atoms with van der Waals surface area (Å²) in [6.07, 6.45) is 0. The largest absolute Gasteiger partial charge is 0.358 e. The number of thiocarbonyl (C=S) groups is 1. The molecule has 0 amide bonds. The van der Waals surface area contributed by atoms with Crippen molar-refractivity contribution in [2.75, 3.05) is 13.1 Å². The normalized spacial score (nSPS) is 9.76. The molecular formula is C11H12ClN3S2. The monoisotopic (exact) mass is 285 g/mol. The third kappa shape index (κ3) is 3.84. The van der Waals surface area contributed by atoms with Gasteiger partial charge in [0.1, 0.15) is 20.6 Å². The number of hydrogen-bond donors (Lipinski definition) is 0. The third-order valence-corrected chi connectivity index (χ3v) is 3.81. The first-order chi connectivity index (χ1) is 8.12. The van der Waals surface area contributed by atoms with Crippen molar-refractivity contribution in [3.63, 3.8) is 0 Å². The van der Waals surface area contributed by atoms with Gasteiger partial charge in [-0.3, -0.25) is 0 Å². The zero-order valence-corrected chi connectivity index (χ0v) is 12.0. The summed E-state index contributed by atoms with van der Waals surface area (Å²) < 4.78 is 0.710. The van der Waals surface area contributed by atoms with Crippen LogP contribution in [0.4, 0.5) is 0 Å². The molecule has 0 bridgehead atoms. The van der Waals surface area contributed by atoms with Crippen molar-refractivity contribution in [1.29, 1.82) is 5.26 Å². The number of rotatable bonds is 3. The van der Waals surface area contributed by atoms with Crippen molar-refractivity contribution >= 4 is 39.9 Å². The van der Waals surface area contributed by atoms with Crippen molar-refractivity contribution < 1.29 is 0 Å². The van der Waals surface area contributed by atoms with Crippen LogP contribution in [0.5, 0.6) is 0 Å². The molecule has 0 spiro atoms. The molecule has 6 heteroatoms. The van der Waals surface area contributed by atoms with E-state index >= 15 is 0 Å². The van der Waals surface area contributed by atoms with Gasteiger partial charge in [0.05, 0.1) is 5.56 Å². The van der Waals surface area contributed by atoms with Crippen LogP contribution in [0.1, 0.15) is 19.4 Å². The Hall–Kier alpha value is -0.830. The Labute approximate surface area is 116 Å². The molecule has 3 nitrogen and oxygen atoms in total. The predicted octanol–water partition coefficient (Wildman–Crippen LogP) is 3.33. The fraction of sp³-hybridized carbons (Fsp3) is 0.364. The van der Waals surface area contributed by atoms with Gasteiger partial charge in [-0.05, 0) is 37.7 Å². The Kier molecular flexibility index (Phi) is 5.69. The number of thioether (sulfide) groups is 1. The Morgan fingerprint density at radius 2 is 2.18 bits per heavy atom. The maximum absolute atomic E-state index is 8.97. The zero-order chi connectivity index (χ0) is 12.8. The smallest absolute Gasteiger partial charge is 0.142 e. The summed E-state index contributed by atoms with van der Waals surface area (Å²) in [5.41, 5.74) is 0.494. The fourth-order valence-electron chi connectivity index (χ4n) is 1.21. The second-order valence-electron chi connectivity index (χ2n) is 3.14. The lowest BCUT2D eigenvalue weighted by atomic mass is 10.3. The van der Waals surface area contributed by atoms with E-state index in [1.807, 2.05) is 18.7 Å². The topological polar surface area (TPSA) is 39.9 Å².